The second-order valence-corrected chi connectivity index (χ2v) is 11.8. The third kappa shape index (κ3) is 3.89. The summed E-state index contributed by atoms with van der Waals surface area (Å²) in [5.74, 6) is 1.09. The second kappa shape index (κ2) is 8.39. The van der Waals surface area contributed by atoms with Gasteiger partial charge >= 0.3 is 0 Å². The van der Waals surface area contributed by atoms with Gasteiger partial charge in [-0.1, -0.05) is 69.7 Å². The van der Waals surface area contributed by atoms with E-state index in [1.54, 1.807) is 11.1 Å². The van der Waals surface area contributed by atoms with Gasteiger partial charge in [-0.25, -0.2) is 0 Å². The summed E-state index contributed by atoms with van der Waals surface area (Å²) in [4.78, 5) is 0. The van der Waals surface area contributed by atoms with Crippen molar-refractivity contribution in [2.24, 2.45) is 5.92 Å². The third-order valence-electron chi connectivity index (χ3n) is 8.93. The van der Waals surface area contributed by atoms with Gasteiger partial charge in [0.1, 0.15) is 0 Å². The number of aryl methyl sites for hydroxylation is 1. The largest absolute Gasteiger partial charge is 0.390 e. The normalized spacial score (nSPS) is 32.6. The van der Waals surface area contributed by atoms with Gasteiger partial charge in [-0.15, -0.1) is 0 Å². The topological polar surface area (TPSA) is 44.3 Å². The van der Waals surface area contributed by atoms with Gasteiger partial charge in [0.15, 0.2) is 5.11 Å². The molecule has 0 aliphatic heterocycles. The van der Waals surface area contributed by atoms with Crippen LogP contribution in [0.5, 0.6) is 0 Å². The van der Waals surface area contributed by atoms with Crippen molar-refractivity contribution in [2.45, 2.75) is 95.2 Å². The number of hydrogen-bond acceptors (Lipinski definition) is 2. The first-order valence-electron chi connectivity index (χ1n) is 12.7. The van der Waals surface area contributed by atoms with E-state index in [-0.39, 0.29) is 17.0 Å². The van der Waals surface area contributed by atoms with E-state index in [0.717, 1.165) is 12.8 Å². The Balaban J connectivity index is 1.37. The quantitative estimate of drug-likeness (QED) is 0.512. The lowest BCUT2D eigenvalue weighted by atomic mass is 9.52. The molecule has 1 saturated carbocycles. The minimum atomic E-state index is -0.441. The molecule has 3 aliphatic carbocycles. The first-order chi connectivity index (χ1) is 15.7. The van der Waals surface area contributed by atoms with Crippen LogP contribution in [0.2, 0.25) is 0 Å². The molecule has 0 saturated heterocycles. The summed E-state index contributed by atoms with van der Waals surface area (Å²) in [7, 11) is 0. The standard InChI is InChI=1S/C29H38N2OS/c1-18(2)19-10-12-23-21(16-19)11-13-25-28(23,3)14-7-15-29(25,4)31-27(33)30-26-22-9-6-5-8-20(22)17-24(26)32/h5-6,8-10,12,16,18,24-26,32H,7,11,13-15,17H2,1-4H3,(H2,30,31,33)/t24-,25-,26+,28-,29-/m1/s1. The molecule has 1 fully saturated rings. The summed E-state index contributed by atoms with van der Waals surface area (Å²) >= 11 is 5.85. The van der Waals surface area contributed by atoms with Crippen molar-refractivity contribution in [3.63, 3.8) is 0 Å². The molecule has 4 heteroatoms. The van der Waals surface area contributed by atoms with Crippen LogP contribution in [0.25, 0.3) is 0 Å². The Morgan fingerprint density at radius 1 is 1.09 bits per heavy atom. The molecule has 0 amide bonds. The van der Waals surface area contributed by atoms with Gasteiger partial charge < -0.3 is 15.7 Å². The first kappa shape index (κ1) is 22.9. The fourth-order valence-electron chi connectivity index (χ4n) is 7.20. The molecule has 0 bridgehead atoms. The van der Waals surface area contributed by atoms with Crippen LogP contribution in [0.4, 0.5) is 0 Å². The number of aliphatic hydroxyl groups excluding tert-OH is 1. The summed E-state index contributed by atoms with van der Waals surface area (Å²) in [6.07, 6.45) is 6.12. The van der Waals surface area contributed by atoms with Gasteiger partial charge in [-0.2, -0.15) is 0 Å². The third-order valence-corrected chi connectivity index (χ3v) is 9.15. The molecular formula is C29H38N2OS. The maximum atomic E-state index is 10.7. The fraction of sp³-hybridized carbons (Fsp3) is 0.552. The monoisotopic (exact) mass is 462 g/mol. The van der Waals surface area contributed by atoms with E-state index in [1.807, 2.05) is 12.1 Å². The number of hydrogen-bond donors (Lipinski definition) is 3. The van der Waals surface area contributed by atoms with E-state index in [2.05, 4.69) is 68.7 Å². The molecule has 0 aromatic heterocycles. The molecule has 0 radical (unpaired) electrons. The lowest BCUT2D eigenvalue weighted by molar-refractivity contribution is 0.0756. The molecule has 3 aliphatic rings. The Morgan fingerprint density at radius 3 is 2.67 bits per heavy atom. The second-order valence-electron chi connectivity index (χ2n) is 11.4. The molecule has 5 atom stereocenters. The van der Waals surface area contributed by atoms with E-state index in [9.17, 15) is 5.11 Å². The zero-order valence-corrected chi connectivity index (χ0v) is 21.3. The van der Waals surface area contributed by atoms with Gasteiger partial charge in [0.2, 0.25) is 0 Å². The summed E-state index contributed by atoms with van der Waals surface area (Å²) in [6, 6.07) is 15.4. The zero-order chi connectivity index (χ0) is 23.4. The van der Waals surface area contributed by atoms with Crippen LogP contribution < -0.4 is 10.6 Å². The van der Waals surface area contributed by atoms with Gasteiger partial charge in [0.25, 0.3) is 0 Å². The van der Waals surface area contributed by atoms with Crippen molar-refractivity contribution in [3.8, 4) is 0 Å². The maximum absolute atomic E-state index is 10.7. The van der Waals surface area contributed by atoms with Crippen molar-refractivity contribution in [1.29, 1.82) is 0 Å². The maximum Gasteiger partial charge on any atom is 0.167 e. The minimum Gasteiger partial charge on any atom is -0.390 e. The van der Waals surface area contributed by atoms with Crippen LogP contribution in [0.15, 0.2) is 42.5 Å². The number of thiocarbonyl (C=S) groups is 1. The number of nitrogens with one attached hydrogen (secondary N) is 2. The summed E-state index contributed by atoms with van der Waals surface area (Å²) in [5.41, 5.74) is 7.04. The van der Waals surface area contributed by atoms with Crippen LogP contribution in [0.3, 0.4) is 0 Å². The molecule has 2 aromatic carbocycles. The highest BCUT2D eigenvalue weighted by molar-refractivity contribution is 7.80. The van der Waals surface area contributed by atoms with E-state index in [0.29, 0.717) is 23.4 Å². The molecule has 33 heavy (non-hydrogen) atoms. The highest BCUT2D eigenvalue weighted by Crippen LogP contribution is 2.54. The first-order valence-corrected chi connectivity index (χ1v) is 13.1. The highest BCUT2D eigenvalue weighted by atomic mass is 32.1. The lowest BCUT2D eigenvalue weighted by Gasteiger charge is -2.56. The van der Waals surface area contributed by atoms with Crippen molar-refractivity contribution in [1.82, 2.24) is 10.6 Å². The molecule has 5 rings (SSSR count). The average molecular weight is 463 g/mol. The Kier molecular flexibility index (Phi) is 5.81. The predicted molar refractivity (Wildman–Crippen MR) is 140 cm³/mol. The van der Waals surface area contributed by atoms with Gasteiger partial charge in [-0.3, -0.25) is 0 Å². The van der Waals surface area contributed by atoms with Gasteiger partial charge in [0, 0.05) is 12.0 Å². The van der Waals surface area contributed by atoms with E-state index < -0.39 is 6.10 Å². The van der Waals surface area contributed by atoms with Crippen molar-refractivity contribution >= 4 is 17.3 Å². The Bertz CT molecular complexity index is 1070. The molecule has 176 valence electrons. The summed E-state index contributed by atoms with van der Waals surface area (Å²) < 4.78 is 0. The summed E-state index contributed by atoms with van der Waals surface area (Å²) in [5, 5.41) is 18.6. The van der Waals surface area contributed by atoms with Crippen LogP contribution in [-0.4, -0.2) is 21.9 Å². The lowest BCUT2D eigenvalue weighted by Crippen LogP contribution is -2.62. The highest BCUT2D eigenvalue weighted by Gasteiger charge is 2.52. The van der Waals surface area contributed by atoms with Crippen molar-refractivity contribution in [2.75, 3.05) is 0 Å². The SMILES string of the molecule is CC(C)c1ccc2c(c1)CC[C@H]1[C@](C)(NC(=S)N[C@H]3c4ccccc4C[C@H]3O)CCC[C@]21C. The average Bonchev–Trinajstić information content (AvgIpc) is 3.08. The number of rotatable bonds is 3. The molecular weight excluding hydrogens is 424 g/mol. The molecule has 0 unspecified atom stereocenters. The molecule has 3 nitrogen and oxygen atoms in total. The smallest absolute Gasteiger partial charge is 0.167 e. The van der Waals surface area contributed by atoms with Crippen LogP contribution in [-0.2, 0) is 18.3 Å². The predicted octanol–water partition coefficient (Wildman–Crippen LogP) is 5.70. The molecule has 2 aromatic rings. The number of aliphatic hydroxyl groups is 1. The van der Waals surface area contributed by atoms with E-state index in [1.165, 1.54) is 36.0 Å². The van der Waals surface area contributed by atoms with Crippen LogP contribution in [0, 0.1) is 5.92 Å². The Hall–Kier alpha value is -1.91. The molecule has 0 spiro atoms. The Labute approximate surface area is 204 Å². The molecule has 3 N–H and O–H groups in total. The number of benzene rings is 2. The summed E-state index contributed by atoms with van der Waals surface area (Å²) in [6.45, 7) is 9.42. The van der Waals surface area contributed by atoms with Gasteiger partial charge in [0.05, 0.1) is 12.1 Å². The Morgan fingerprint density at radius 2 is 1.88 bits per heavy atom. The minimum absolute atomic E-state index is 0.0609. The van der Waals surface area contributed by atoms with Crippen LogP contribution in [0.1, 0.15) is 93.2 Å². The van der Waals surface area contributed by atoms with Crippen LogP contribution >= 0.6 is 12.2 Å². The van der Waals surface area contributed by atoms with E-state index >= 15 is 0 Å². The van der Waals surface area contributed by atoms with Gasteiger partial charge in [-0.05, 0) is 89.9 Å². The zero-order valence-electron chi connectivity index (χ0n) is 20.4. The van der Waals surface area contributed by atoms with E-state index in [4.69, 9.17) is 12.2 Å². The number of fused-ring (bicyclic) bond motifs is 4. The van der Waals surface area contributed by atoms with Crippen molar-refractivity contribution < 1.29 is 5.11 Å². The molecule has 0 heterocycles. The van der Waals surface area contributed by atoms with Crippen molar-refractivity contribution in [3.05, 3.63) is 70.3 Å². The fourth-order valence-corrected chi connectivity index (χ4v) is 7.56.